The number of aromatic nitrogens is 3. The van der Waals surface area contributed by atoms with Crippen LogP contribution in [0.5, 0.6) is 5.88 Å². The fourth-order valence-electron chi connectivity index (χ4n) is 4.47. The number of piperidine rings is 1. The number of anilines is 2. The topological polar surface area (TPSA) is 150 Å². The molecule has 212 valence electrons. The summed E-state index contributed by atoms with van der Waals surface area (Å²) >= 11 is 0. The van der Waals surface area contributed by atoms with E-state index in [1.807, 2.05) is 24.8 Å². The average molecular weight is 567 g/mol. The van der Waals surface area contributed by atoms with E-state index in [-0.39, 0.29) is 28.6 Å². The maximum atomic E-state index is 13.4. The molecule has 0 bridgehead atoms. The van der Waals surface area contributed by atoms with Crippen molar-refractivity contribution in [2.45, 2.75) is 56.8 Å². The number of hydrogen-bond acceptors (Lipinski definition) is 10. The van der Waals surface area contributed by atoms with E-state index in [0.717, 1.165) is 25.0 Å². The van der Waals surface area contributed by atoms with E-state index in [9.17, 15) is 13.2 Å². The van der Waals surface area contributed by atoms with E-state index < -0.39 is 15.9 Å². The maximum absolute atomic E-state index is 13.4. The van der Waals surface area contributed by atoms with Crippen molar-refractivity contribution in [2.75, 3.05) is 30.3 Å². The summed E-state index contributed by atoms with van der Waals surface area (Å²) in [4.78, 5) is 28.4. The van der Waals surface area contributed by atoms with Gasteiger partial charge in [0.15, 0.2) is 5.03 Å². The molecule has 2 fully saturated rings. The van der Waals surface area contributed by atoms with Crippen LogP contribution < -0.4 is 20.1 Å². The average Bonchev–Trinajstić information content (AvgIpc) is 3.76. The van der Waals surface area contributed by atoms with Gasteiger partial charge in [0.05, 0.1) is 23.5 Å². The van der Waals surface area contributed by atoms with Gasteiger partial charge in [-0.15, -0.1) is 0 Å². The van der Waals surface area contributed by atoms with Gasteiger partial charge < -0.3 is 20.1 Å². The Hall–Kier alpha value is -3.77. The predicted molar refractivity (Wildman–Crippen MR) is 150 cm³/mol. The van der Waals surface area contributed by atoms with Crippen molar-refractivity contribution >= 4 is 27.6 Å². The van der Waals surface area contributed by atoms with Gasteiger partial charge >= 0.3 is 0 Å². The number of hydrogen-bond donors (Lipinski definition) is 2. The highest BCUT2D eigenvalue weighted by Crippen LogP contribution is 2.31. The summed E-state index contributed by atoms with van der Waals surface area (Å²) in [5.41, 5.74) is 7.13. The number of carbonyl (C=O) groups excluding carboxylic acids is 1. The monoisotopic (exact) mass is 566 g/mol. The minimum absolute atomic E-state index is 0.00383. The summed E-state index contributed by atoms with van der Waals surface area (Å²) in [6.07, 6.45) is 5.86. The second kappa shape index (κ2) is 11.8. The molecule has 0 aromatic carbocycles. The molecule has 4 heterocycles. The van der Waals surface area contributed by atoms with Gasteiger partial charge in [-0.2, -0.15) is 8.42 Å². The van der Waals surface area contributed by atoms with Crippen molar-refractivity contribution in [2.24, 2.45) is 5.92 Å². The minimum Gasteiger partial charge on any atom is -0.475 e. The largest absolute Gasteiger partial charge is 0.475 e. The van der Waals surface area contributed by atoms with Crippen molar-refractivity contribution in [3.63, 3.8) is 0 Å². The van der Waals surface area contributed by atoms with Crippen molar-refractivity contribution < 1.29 is 22.7 Å². The zero-order chi connectivity index (χ0) is 28.3. The molecule has 1 saturated heterocycles. The number of carbonyl (C=O) groups is 1. The Balaban J connectivity index is 1.40. The molecule has 12 heteroatoms. The van der Waals surface area contributed by atoms with Crippen LogP contribution >= 0.6 is 0 Å². The standard InChI is InChI=1S/C28H34N6O5S/c1-18(2)39-25-11-8-20(16-30-25)23-10-9-22(28(35)33-40(36,37)26-5-3-4-24(29)32-26)27(31-23)34-14-12-21(13-15-34)38-17-19-6-7-19/h3-5,8-11,16,18-19,21H,6-7,12-15,17H2,1-2H3,(H2,29,32)(H,33,35). The fourth-order valence-corrected chi connectivity index (χ4v) is 5.41. The molecular formula is C28H34N6O5S. The van der Waals surface area contributed by atoms with Gasteiger partial charge in [-0.05, 0) is 75.8 Å². The molecule has 0 spiro atoms. The van der Waals surface area contributed by atoms with Crippen molar-refractivity contribution in [1.29, 1.82) is 0 Å². The quantitative estimate of drug-likeness (QED) is 0.374. The summed E-state index contributed by atoms with van der Waals surface area (Å²) in [6, 6.07) is 11.1. The van der Waals surface area contributed by atoms with Crippen molar-refractivity contribution in [3.8, 4) is 17.1 Å². The number of ether oxygens (including phenoxy) is 2. The zero-order valence-corrected chi connectivity index (χ0v) is 23.4. The van der Waals surface area contributed by atoms with Crippen LogP contribution in [0.15, 0.2) is 53.7 Å². The third-order valence-electron chi connectivity index (χ3n) is 6.76. The summed E-state index contributed by atoms with van der Waals surface area (Å²) in [6.45, 7) is 5.89. The lowest BCUT2D eigenvalue weighted by molar-refractivity contribution is 0.0304. The molecule has 3 aromatic heterocycles. The second-order valence-corrected chi connectivity index (χ2v) is 12.0. The number of pyridine rings is 3. The van der Waals surface area contributed by atoms with E-state index in [0.29, 0.717) is 36.4 Å². The maximum Gasteiger partial charge on any atom is 0.281 e. The highest BCUT2D eigenvalue weighted by molar-refractivity contribution is 7.90. The first-order valence-corrected chi connectivity index (χ1v) is 15.0. The van der Waals surface area contributed by atoms with Crippen LogP contribution in [0.3, 0.4) is 0 Å². The van der Waals surface area contributed by atoms with Crippen molar-refractivity contribution in [1.82, 2.24) is 19.7 Å². The molecule has 1 aliphatic heterocycles. The molecule has 3 aromatic rings. The molecule has 0 radical (unpaired) electrons. The number of nitrogens with one attached hydrogen (secondary N) is 1. The van der Waals surface area contributed by atoms with Gasteiger partial charge in [0.1, 0.15) is 11.6 Å². The van der Waals surface area contributed by atoms with Gasteiger partial charge in [0.2, 0.25) is 5.88 Å². The first-order chi connectivity index (χ1) is 19.2. The first-order valence-electron chi connectivity index (χ1n) is 13.5. The van der Waals surface area contributed by atoms with E-state index in [4.69, 9.17) is 20.2 Å². The Bertz CT molecular complexity index is 1450. The molecule has 5 rings (SSSR count). The zero-order valence-electron chi connectivity index (χ0n) is 22.6. The molecule has 0 atom stereocenters. The third kappa shape index (κ3) is 6.86. The lowest BCUT2D eigenvalue weighted by Crippen LogP contribution is -2.40. The van der Waals surface area contributed by atoms with Gasteiger partial charge in [-0.1, -0.05) is 6.07 Å². The Kier molecular flexibility index (Phi) is 8.17. The van der Waals surface area contributed by atoms with E-state index in [1.54, 1.807) is 24.4 Å². The second-order valence-electron chi connectivity index (χ2n) is 10.4. The molecule has 1 saturated carbocycles. The molecule has 3 N–H and O–H groups in total. The van der Waals surface area contributed by atoms with Crippen LogP contribution in [-0.4, -0.2) is 61.2 Å². The van der Waals surface area contributed by atoms with Crippen LogP contribution in [0.4, 0.5) is 11.6 Å². The molecule has 40 heavy (non-hydrogen) atoms. The number of amides is 1. The van der Waals surface area contributed by atoms with E-state index in [1.165, 1.54) is 31.0 Å². The SMILES string of the molecule is CC(C)Oc1ccc(-c2ccc(C(=O)NS(=O)(=O)c3cccc(N)n3)c(N3CCC(OCC4CC4)CC3)n2)cn1. The van der Waals surface area contributed by atoms with Gasteiger partial charge in [0, 0.05) is 37.5 Å². The molecule has 0 unspecified atom stereocenters. The van der Waals surface area contributed by atoms with Crippen LogP contribution in [-0.2, 0) is 14.8 Å². The first kappa shape index (κ1) is 27.8. The van der Waals surface area contributed by atoms with Crippen LogP contribution in [0, 0.1) is 5.92 Å². The van der Waals surface area contributed by atoms with Gasteiger partial charge in [-0.25, -0.2) is 19.7 Å². The summed E-state index contributed by atoms with van der Waals surface area (Å²) < 4.78 is 39.7. The Morgan fingerprint density at radius 1 is 1.07 bits per heavy atom. The predicted octanol–water partition coefficient (Wildman–Crippen LogP) is 3.42. The normalized spacial score (nSPS) is 16.2. The lowest BCUT2D eigenvalue weighted by Gasteiger charge is -2.33. The summed E-state index contributed by atoms with van der Waals surface area (Å²) in [7, 11) is -4.25. The van der Waals surface area contributed by atoms with E-state index >= 15 is 0 Å². The van der Waals surface area contributed by atoms with E-state index in [2.05, 4.69) is 14.7 Å². The number of nitrogen functional groups attached to an aromatic ring is 1. The smallest absolute Gasteiger partial charge is 0.281 e. The number of sulfonamides is 1. The molecule has 1 amide bonds. The van der Waals surface area contributed by atoms with Crippen LogP contribution in [0.2, 0.25) is 0 Å². The van der Waals surface area contributed by atoms with Crippen LogP contribution in [0.25, 0.3) is 11.3 Å². The highest BCUT2D eigenvalue weighted by atomic mass is 32.2. The minimum atomic E-state index is -4.25. The molecule has 2 aliphatic rings. The molecular weight excluding hydrogens is 532 g/mol. The molecule has 11 nitrogen and oxygen atoms in total. The lowest BCUT2D eigenvalue weighted by atomic mass is 10.1. The third-order valence-corrected chi connectivity index (χ3v) is 7.99. The Morgan fingerprint density at radius 2 is 1.85 bits per heavy atom. The van der Waals surface area contributed by atoms with Crippen LogP contribution in [0.1, 0.15) is 49.9 Å². The summed E-state index contributed by atoms with van der Waals surface area (Å²) in [5.74, 6) is 0.822. The Labute approximate surface area is 234 Å². The summed E-state index contributed by atoms with van der Waals surface area (Å²) in [5, 5.41) is -0.338. The Morgan fingerprint density at radius 3 is 2.50 bits per heavy atom. The number of rotatable bonds is 10. The fraction of sp³-hybridized carbons (Fsp3) is 0.429. The van der Waals surface area contributed by atoms with Gasteiger partial charge in [-0.3, -0.25) is 4.79 Å². The number of nitrogens with zero attached hydrogens (tertiary/aromatic N) is 4. The highest BCUT2D eigenvalue weighted by Gasteiger charge is 2.29. The molecule has 1 aliphatic carbocycles. The van der Waals surface area contributed by atoms with Crippen molar-refractivity contribution in [3.05, 3.63) is 54.2 Å². The number of nitrogens with two attached hydrogens (primary N) is 1. The van der Waals surface area contributed by atoms with Gasteiger partial charge in [0.25, 0.3) is 15.9 Å².